The van der Waals surface area contributed by atoms with E-state index in [4.69, 9.17) is 0 Å². The summed E-state index contributed by atoms with van der Waals surface area (Å²) in [7, 11) is 0. The van der Waals surface area contributed by atoms with E-state index in [-0.39, 0.29) is 0 Å². The molecule has 0 N–H and O–H groups in total. The third-order valence-corrected chi connectivity index (χ3v) is 3.02. The Morgan fingerprint density at radius 2 is 1.57 bits per heavy atom. The first-order valence-corrected chi connectivity index (χ1v) is 6.04. The lowest BCUT2D eigenvalue weighted by atomic mass is 9.90. The van der Waals surface area contributed by atoms with Crippen molar-refractivity contribution in [3.05, 3.63) is 24.3 Å². The molecule has 2 unspecified atom stereocenters. The fourth-order valence-electron chi connectivity index (χ4n) is 1.44. The molecule has 0 aliphatic heterocycles. The molecule has 0 spiro atoms. The Morgan fingerprint density at radius 1 is 0.929 bits per heavy atom. The number of hydrogen-bond donors (Lipinski definition) is 0. The highest BCUT2D eigenvalue weighted by Crippen LogP contribution is 2.19. The van der Waals surface area contributed by atoms with Gasteiger partial charge in [-0.3, -0.25) is 0 Å². The Labute approximate surface area is 90.1 Å². The fourth-order valence-corrected chi connectivity index (χ4v) is 1.44. The van der Waals surface area contributed by atoms with Gasteiger partial charge >= 0.3 is 0 Å². The van der Waals surface area contributed by atoms with Crippen molar-refractivity contribution in [2.24, 2.45) is 11.8 Å². The van der Waals surface area contributed by atoms with E-state index in [1.807, 2.05) is 0 Å². The quantitative estimate of drug-likeness (QED) is 0.502. The van der Waals surface area contributed by atoms with Gasteiger partial charge < -0.3 is 0 Å². The van der Waals surface area contributed by atoms with Gasteiger partial charge in [0.15, 0.2) is 0 Å². The topological polar surface area (TPSA) is 0 Å². The Bertz CT molecular complexity index is 165. The van der Waals surface area contributed by atoms with Crippen molar-refractivity contribution in [1.29, 1.82) is 0 Å². The summed E-state index contributed by atoms with van der Waals surface area (Å²) in [6.45, 7) is 9.16. The largest absolute Gasteiger partial charge is 0.0848 e. The summed E-state index contributed by atoms with van der Waals surface area (Å²) in [6.07, 6.45) is 13.8. The molecule has 0 fully saturated rings. The van der Waals surface area contributed by atoms with E-state index in [0.29, 0.717) is 0 Å². The summed E-state index contributed by atoms with van der Waals surface area (Å²) in [4.78, 5) is 0. The lowest BCUT2D eigenvalue weighted by Gasteiger charge is -2.16. The van der Waals surface area contributed by atoms with Crippen molar-refractivity contribution in [3.63, 3.8) is 0 Å². The normalized spacial score (nSPS) is 16.6. The van der Waals surface area contributed by atoms with Crippen LogP contribution in [0.4, 0.5) is 0 Å². The molecule has 0 heteroatoms. The minimum Gasteiger partial charge on any atom is -0.0848 e. The Hall–Kier alpha value is -0.520. The number of hydrogen-bond acceptors (Lipinski definition) is 0. The van der Waals surface area contributed by atoms with Crippen LogP contribution in [0.2, 0.25) is 0 Å². The van der Waals surface area contributed by atoms with Crippen molar-refractivity contribution < 1.29 is 0 Å². The van der Waals surface area contributed by atoms with Gasteiger partial charge in [0, 0.05) is 0 Å². The average Bonchev–Trinajstić information content (AvgIpc) is 2.21. The lowest BCUT2D eigenvalue weighted by Crippen LogP contribution is -2.05. The Morgan fingerprint density at radius 3 is 2.14 bits per heavy atom. The molecule has 0 saturated heterocycles. The van der Waals surface area contributed by atoms with Gasteiger partial charge in [-0.2, -0.15) is 0 Å². The molecule has 0 saturated carbocycles. The molecule has 0 nitrogen and oxygen atoms in total. The highest BCUT2D eigenvalue weighted by molar-refractivity contribution is 5.01. The zero-order valence-corrected chi connectivity index (χ0v) is 10.3. The molecule has 0 amide bonds. The molecule has 0 aromatic carbocycles. The van der Waals surface area contributed by atoms with Gasteiger partial charge in [0.05, 0.1) is 0 Å². The molecule has 0 rings (SSSR count). The second-order valence-electron chi connectivity index (χ2n) is 4.20. The third-order valence-electron chi connectivity index (χ3n) is 3.02. The summed E-state index contributed by atoms with van der Waals surface area (Å²) >= 11 is 0. The number of allylic oxidation sites excluding steroid dienone is 4. The van der Waals surface area contributed by atoms with Gasteiger partial charge in [0.1, 0.15) is 0 Å². The van der Waals surface area contributed by atoms with Crippen LogP contribution in [0.15, 0.2) is 24.3 Å². The van der Waals surface area contributed by atoms with Gasteiger partial charge in [0.25, 0.3) is 0 Å². The van der Waals surface area contributed by atoms with Crippen molar-refractivity contribution in [3.8, 4) is 0 Å². The summed E-state index contributed by atoms with van der Waals surface area (Å²) < 4.78 is 0. The maximum atomic E-state index is 2.36. The second kappa shape index (κ2) is 9.05. The fraction of sp³-hybridized carbons (Fsp3) is 0.714. The summed E-state index contributed by atoms with van der Waals surface area (Å²) in [6, 6.07) is 0. The lowest BCUT2D eigenvalue weighted by molar-refractivity contribution is 0.357. The van der Waals surface area contributed by atoms with Crippen LogP contribution < -0.4 is 0 Å². The van der Waals surface area contributed by atoms with Crippen LogP contribution in [0.5, 0.6) is 0 Å². The molecular weight excluding hydrogens is 168 g/mol. The monoisotopic (exact) mass is 194 g/mol. The van der Waals surface area contributed by atoms with Crippen LogP contribution in [-0.2, 0) is 0 Å². The summed E-state index contributed by atoms with van der Waals surface area (Å²) in [5, 5.41) is 0. The van der Waals surface area contributed by atoms with Crippen LogP contribution in [0, 0.1) is 11.8 Å². The van der Waals surface area contributed by atoms with Gasteiger partial charge in [0.2, 0.25) is 0 Å². The molecule has 14 heavy (non-hydrogen) atoms. The Balaban J connectivity index is 3.53. The molecule has 2 atom stereocenters. The van der Waals surface area contributed by atoms with Crippen molar-refractivity contribution >= 4 is 0 Å². The van der Waals surface area contributed by atoms with Crippen LogP contribution >= 0.6 is 0 Å². The highest BCUT2D eigenvalue weighted by Gasteiger charge is 2.07. The van der Waals surface area contributed by atoms with Crippen molar-refractivity contribution in [2.75, 3.05) is 0 Å². The summed E-state index contributed by atoms with van der Waals surface area (Å²) in [5.74, 6) is 1.73. The van der Waals surface area contributed by atoms with Crippen LogP contribution in [-0.4, -0.2) is 0 Å². The molecule has 0 aromatic rings. The van der Waals surface area contributed by atoms with Gasteiger partial charge in [-0.15, -0.1) is 0 Å². The van der Waals surface area contributed by atoms with E-state index in [9.17, 15) is 0 Å². The van der Waals surface area contributed by atoms with E-state index in [1.54, 1.807) is 0 Å². The molecule has 0 heterocycles. The standard InChI is InChI=1S/C14H26/c1-5-7-8-9-10-11-12-14(4)13(3)6-2/h7-10,13-14H,5-6,11-12H2,1-4H3. The van der Waals surface area contributed by atoms with Crippen LogP contribution in [0.3, 0.4) is 0 Å². The minimum atomic E-state index is 0.861. The van der Waals surface area contributed by atoms with E-state index >= 15 is 0 Å². The first-order chi connectivity index (χ1) is 6.72. The van der Waals surface area contributed by atoms with E-state index in [2.05, 4.69) is 52.0 Å². The zero-order chi connectivity index (χ0) is 10.8. The van der Waals surface area contributed by atoms with E-state index in [1.165, 1.54) is 19.3 Å². The zero-order valence-electron chi connectivity index (χ0n) is 10.3. The molecule has 82 valence electrons. The smallest absolute Gasteiger partial charge is 0.0345 e. The second-order valence-corrected chi connectivity index (χ2v) is 4.20. The minimum absolute atomic E-state index is 0.861. The predicted molar refractivity (Wildman–Crippen MR) is 66.4 cm³/mol. The van der Waals surface area contributed by atoms with Gasteiger partial charge in [-0.25, -0.2) is 0 Å². The predicted octanol–water partition coefficient (Wildman–Crippen LogP) is 4.97. The maximum absolute atomic E-state index is 2.36. The first kappa shape index (κ1) is 13.5. The number of rotatable bonds is 7. The third kappa shape index (κ3) is 6.94. The molecule has 0 aliphatic carbocycles. The van der Waals surface area contributed by atoms with Crippen molar-refractivity contribution in [2.45, 2.75) is 53.4 Å². The summed E-state index contributed by atoms with van der Waals surface area (Å²) in [5.41, 5.74) is 0. The van der Waals surface area contributed by atoms with E-state index in [0.717, 1.165) is 18.3 Å². The maximum Gasteiger partial charge on any atom is -0.0345 e. The Kier molecular flexibility index (Phi) is 8.72. The van der Waals surface area contributed by atoms with Gasteiger partial charge in [-0.1, -0.05) is 58.4 Å². The highest BCUT2D eigenvalue weighted by atomic mass is 14.1. The van der Waals surface area contributed by atoms with Crippen LogP contribution in [0.25, 0.3) is 0 Å². The SMILES string of the molecule is CCC=CC=CCCC(C)C(C)CC. The van der Waals surface area contributed by atoms with Crippen LogP contribution in [0.1, 0.15) is 53.4 Å². The van der Waals surface area contributed by atoms with Crippen molar-refractivity contribution in [1.82, 2.24) is 0 Å². The first-order valence-electron chi connectivity index (χ1n) is 6.04. The average molecular weight is 194 g/mol. The van der Waals surface area contributed by atoms with Gasteiger partial charge in [-0.05, 0) is 31.1 Å². The molecule has 0 aromatic heterocycles. The molecule has 0 radical (unpaired) electrons. The molecule has 0 bridgehead atoms. The molecule has 0 aliphatic rings. The van der Waals surface area contributed by atoms with E-state index < -0.39 is 0 Å². The molecular formula is C14H26.